The Bertz CT molecular complexity index is 1450. The summed E-state index contributed by atoms with van der Waals surface area (Å²) in [5.41, 5.74) is 3.31. The molecular weight excluding hydrogens is 444 g/mol. The normalized spacial score (nSPS) is 15.9. The molecule has 1 N–H and O–H groups in total. The largest absolute Gasteiger partial charge is 0.396 e. The summed E-state index contributed by atoms with van der Waals surface area (Å²) in [6.07, 6.45) is 8.32. The number of rotatable bonds is 5. The molecule has 0 saturated carbocycles. The minimum atomic E-state index is 0.188. The van der Waals surface area contributed by atoms with Gasteiger partial charge in [0.15, 0.2) is 11.6 Å². The van der Waals surface area contributed by atoms with Crippen molar-refractivity contribution in [3.8, 4) is 33.2 Å². The molecule has 0 aliphatic carbocycles. The Labute approximate surface area is 201 Å². The second kappa shape index (κ2) is 8.62. The first-order valence-electron chi connectivity index (χ1n) is 11.4. The maximum absolute atomic E-state index is 9.79. The van der Waals surface area contributed by atoms with E-state index >= 15 is 0 Å². The average molecular weight is 469 g/mol. The quantitative estimate of drug-likeness (QED) is 0.405. The summed E-state index contributed by atoms with van der Waals surface area (Å²) in [4.78, 5) is 23.3. The maximum Gasteiger partial charge on any atom is 0.199 e. The highest BCUT2D eigenvalue weighted by atomic mass is 32.1. The fraction of sp³-hybridized carbons (Fsp3) is 0.231. The van der Waals surface area contributed by atoms with Gasteiger partial charge in [-0.3, -0.25) is 4.98 Å². The number of nitrogens with zero attached hydrogens (tertiary/aromatic N) is 6. The van der Waals surface area contributed by atoms with Crippen molar-refractivity contribution in [3.05, 3.63) is 67.3 Å². The van der Waals surface area contributed by atoms with Crippen molar-refractivity contribution < 1.29 is 5.11 Å². The molecule has 34 heavy (non-hydrogen) atoms. The average Bonchev–Trinajstić information content (AvgIpc) is 3.62. The zero-order chi connectivity index (χ0) is 23.1. The molecule has 6 rings (SSSR count). The van der Waals surface area contributed by atoms with Crippen LogP contribution < -0.4 is 4.90 Å². The van der Waals surface area contributed by atoms with Crippen LogP contribution in [0.4, 0.5) is 5.82 Å². The van der Waals surface area contributed by atoms with Crippen LogP contribution in [0.1, 0.15) is 6.42 Å². The van der Waals surface area contributed by atoms with E-state index in [1.807, 2.05) is 36.1 Å². The number of aliphatic hydroxyl groups is 1. The molecular formula is C26H24N6OS. The van der Waals surface area contributed by atoms with Crippen molar-refractivity contribution in [2.24, 2.45) is 13.0 Å². The number of hydrogen-bond acceptors (Lipinski definition) is 7. The van der Waals surface area contributed by atoms with Crippen LogP contribution in [0.2, 0.25) is 0 Å². The summed E-state index contributed by atoms with van der Waals surface area (Å²) in [7, 11) is 1.96. The highest BCUT2D eigenvalue weighted by molar-refractivity contribution is 7.22. The van der Waals surface area contributed by atoms with Gasteiger partial charge in [0.1, 0.15) is 10.6 Å². The molecule has 1 aliphatic heterocycles. The number of thiophene rings is 1. The lowest BCUT2D eigenvalue weighted by Gasteiger charge is -2.20. The first-order valence-corrected chi connectivity index (χ1v) is 12.2. The maximum atomic E-state index is 9.79. The van der Waals surface area contributed by atoms with Crippen molar-refractivity contribution in [2.75, 3.05) is 24.6 Å². The SMILES string of the molecule is Cn1ccnc1-c1nc(N2CCC(CO)C2)c2c(-c3ccccc3)c(-c3cccnc3)sc2n1. The first kappa shape index (κ1) is 20.9. The summed E-state index contributed by atoms with van der Waals surface area (Å²) < 4.78 is 1.94. The third kappa shape index (κ3) is 3.55. The molecule has 1 saturated heterocycles. The second-order valence-electron chi connectivity index (χ2n) is 8.61. The number of aliphatic hydroxyl groups excluding tert-OH is 1. The predicted octanol–water partition coefficient (Wildman–Crippen LogP) is 4.64. The van der Waals surface area contributed by atoms with Gasteiger partial charge in [-0.25, -0.2) is 15.0 Å². The highest BCUT2D eigenvalue weighted by Crippen LogP contribution is 2.47. The highest BCUT2D eigenvalue weighted by Gasteiger charge is 2.29. The number of aromatic nitrogens is 5. The van der Waals surface area contributed by atoms with Crippen LogP contribution in [0.5, 0.6) is 0 Å². The molecule has 8 heteroatoms. The van der Waals surface area contributed by atoms with E-state index in [1.54, 1.807) is 23.7 Å². The Hall–Kier alpha value is -3.62. The van der Waals surface area contributed by atoms with Crippen LogP contribution in [0, 0.1) is 5.92 Å². The zero-order valence-corrected chi connectivity index (χ0v) is 19.6. The van der Waals surface area contributed by atoms with E-state index in [4.69, 9.17) is 9.97 Å². The van der Waals surface area contributed by atoms with E-state index in [0.29, 0.717) is 5.82 Å². The van der Waals surface area contributed by atoms with E-state index in [0.717, 1.165) is 62.9 Å². The van der Waals surface area contributed by atoms with Crippen LogP contribution in [-0.4, -0.2) is 49.3 Å². The number of pyridine rings is 1. The van der Waals surface area contributed by atoms with Crippen LogP contribution in [-0.2, 0) is 7.05 Å². The second-order valence-corrected chi connectivity index (χ2v) is 9.61. The summed E-state index contributed by atoms with van der Waals surface area (Å²) in [6.45, 7) is 1.81. The topological polar surface area (TPSA) is 80.0 Å². The van der Waals surface area contributed by atoms with Gasteiger partial charge in [0.2, 0.25) is 0 Å². The molecule has 1 atom stereocenters. The van der Waals surface area contributed by atoms with Crippen LogP contribution in [0.3, 0.4) is 0 Å². The molecule has 1 unspecified atom stereocenters. The van der Waals surface area contributed by atoms with Crippen LogP contribution >= 0.6 is 11.3 Å². The zero-order valence-electron chi connectivity index (χ0n) is 18.8. The van der Waals surface area contributed by atoms with Crippen molar-refractivity contribution in [2.45, 2.75) is 6.42 Å². The molecule has 1 aliphatic rings. The van der Waals surface area contributed by atoms with Gasteiger partial charge in [0.05, 0.1) is 5.39 Å². The number of fused-ring (bicyclic) bond motifs is 1. The fourth-order valence-corrected chi connectivity index (χ4v) is 5.83. The van der Waals surface area contributed by atoms with Crippen molar-refractivity contribution >= 4 is 27.4 Å². The lowest BCUT2D eigenvalue weighted by molar-refractivity contribution is 0.238. The molecule has 4 aromatic heterocycles. The minimum absolute atomic E-state index is 0.188. The number of anilines is 1. The first-order chi connectivity index (χ1) is 16.7. The molecule has 5 aromatic rings. The molecule has 0 spiro atoms. The van der Waals surface area contributed by atoms with Gasteiger partial charge in [-0.05, 0) is 18.1 Å². The van der Waals surface area contributed by atoms with Gasteiger partial charge in [-0.15, -0.1) is 11.3 Å². The lowest BCUT2D eigenvalue weighted by Crippen LogP contribution is -2.22. The van der Waals surface area contributed by atoms with E-state index < -0.39 is 0 Å². The standard InChI is InChI=1S/C26H24N6OS/c1-31-13-11-28-25(31)23-29-24(32-12-9-17(15-32)16-33)21-20(18-6-3-2-4-7-18)22(34-26(21)30-23)19-8-5-10-27-14-19/h2-8,10-11,13-14,17,33H,9,12,15-16H2,1H3. The third-order valence-corrected chi connectivity index (χ3v) is 7.52. The number of imidazole rings is 1. The summed E-state index contributed by atoms with van der Waals surface area (Å²) in [5.74, 6) is 2.50. The van der Waals surface area contributed by atoms with Gasteiger partial charge in [0, 0.05) is 73.5 Å². The van der Waals surface area contributed by atoms with Crippen molar-refractivity contribution in [1.29, 1.82) is 0 Å². The summed E-state index contributed by atoms with van der Waals surface area (Å²) in [5, 5.41) is 10.8. The van der Waals surface area contributed by atoms with Gasteiger partial charge in [0.25, 0.3) is 0 Å². The molecule has 5 heterocycles. The number of benzene rings is 1. The summed E-state index contributed by atoms with van der Waals surface area (Å²) in [6, 6.07) is 14.5. The number of aryl methyl sites for hydroxylation is 1. The van der Waals surface area contributed by atoms with Crippen molar-refractivity contribution in [3.63, 3.8) is 0 Å². The van der Waals surface area contributed by atoms with Gasteiger partial charge in [-0.1, -0.05) is 36.4 Å². The summed E-state index contributed by atoms with van der Waals surface area (Å²) >= 11 is 1.66. The van der Waals surface area contributed by atoms with E-state index in [9.17, 15) is 5.11 Å². The van der Waals surface area contributed by atoms with E-state index in [-0.39, 0.29) is 12.5 Å². The Morgan fingerprint density at radius 2 is 1.91 bits per heavy atom. The monoisotopic (exact) mass is 468 g/mol. The Morgan fingerprint density at radius 3 is 2.62 bits per heavy atom. The van der Waals surface area contributed by atoms with Gasteiger partial charge in [-0.2, -0.15) is 0 Å². The molecule has 170 valence electrons. The minimum Gasteiger partial charge on any atom is -0.396 e. The lowest BCUT2D eigenvalue weighted by atomic mass is 10.00. The fourth-order valence-electron chi connectivity index (χ4n) is 4.65. The molecule has 1 fully saturated rings. The van der Waals surface area contributed by atoms with Gasteiger partial charge < -0.3 is 14.6 Å². The molecule has 1 aromatic carbocycles. The number of hydrogen-bond donors (Lipinski definition) is 1. The Morgan fingerprint density at radius 1 is 1.06 bits per heavy atom. The van der Waals surface area contributed by atoms with Crippen molar-refractivity contribution in [1.82, 2.24) is 24.5 Å². The van der Waals surface area contributed by atoms with E-state index in [2.05, 4.69) is 45.2 Å². The molecule has 0 bridgehead atoms. The molecule has 0 radical (unpaired) electrons. The smallest absolute Gasteiger partial charge is 0.199 e. The Balaban J connectivity index is 1.67. The third-order valence-electron chi connectivity index (χ3n) is 6.38. The molecule has 0 amide bonds. The van der Waals surface area contributed by atoms with Crippen LogP contribution in [0.15, 0.2) is 67.3 Å². The Kier molecular flexibility index (Phi) is 5.31. The van der Waals surface area contributed by atoms with Gasteiger partial charge >= 0.3 is 0 Å². The van der Waals surface area contributed by atoms with E-state index in [1.165, 1.54) is 0 Å². The predicted molar refractivity (Wildman–Crippen MR) is 136 cm³/mol. The molecule has 7 nitrogen and oxygen atoms in total. The van der Waals surface area contributed by atoms with Crippen LogP contribution in [0.25, 0.3) is 43.4 Å².